The standard InChI is InChI=1S/C17H22ClNO/c1-17(2,14-8-10-15(18)11-9-14)19-16(20)12-13-6-4-3-5-7-13/h6,8-11H,3-5,7,12H2,1-2H3,(H,19,20). The Morgan fingerprint density at radius 1 is 1.25 bits per heavy atom. The number of amides is 1. The van der Waals surface area contributed by atoms with Crippen LogP contribution in [0.25, 0.3) is 0 Å². The Morgan fingerprint density at radius 2 is 1.95 bits per heavy atom. The van der Waals surface area contributed by atoms with E-state index >= 15 is 0 Å². The van der Waals surface area contributed by atoms with Gasteiger partial charge in [-0.25, -0.2) is 0 Å². The van der Waals surface area contributed by atoms with Crippen LogP contribution in [0.1, 0.15) is 51.5 Å². The van der Waals surface area contributed by atoms with E-state index in [9.17, 15) is 4.79 Å². The first kappa shape index (κ1) is 15.1. The largest absolute Gasteiger partial charge is 0.347 e. The van der Waals surface area contributed by atoms with E-state index in [-0.39, 0.29) is 11.4 Å². The van der Waals surface area contributed by atoms with E-state index in [1.807, 2.05) is 38.1 Å². The van der Waals surface area contributed by atoms with Gasteiger partial charge in [0.25, 0.3) is 0 Å². The second-order valence-electron chi connectivity index (χ2n) is 5.97. The minimum Gasteiger partial charge on any atom is -0.347 e. The van der Waals surface area contributed by atoms with Crippen molar-refractivity contribution in [3.05, 3.63) is 46.5 Å². The van der Waals surface area contributed by atoms with E-state index in [4.69, 9.17) is 11.6 Å². The first-order valence-electron chi connectivity index (χ1n) is 7.22. The van der Waals surface area contributed by atoms with Crippen LogP contribution in [0.2, 0.25) is 5.02 Å². The van der Waals surface area contributed by atoms with Gasteiger partial charge < -0.3 is 5.32 Å². The number of hydrogen-bond acceptors (Lipinski definition) is 1. The summed E-state index contributed by atoms with van der Waals surface area (Å²) in [7, 11) is 0. The van der Waals surface area contributed by atoms with Crippen LogP contribution in [-0.2, 0) is 10.3 Å². The molecule has 3 heteroatoms. The fourth-order valence-corrected chi connectivity index (χ4v) is 2.73. The second kappa shape index (κ2) is 6.45. The lowest BCUT2D eigenvalue weighted by Gasteiger charge is -2.27. The van der Waals surface area contributed by atoms with E-state index in [0.717, 1.165) is 18.4 Å². The molecule has 1 aromatic rings. The molecule has 0 saturated carbocycles. The van der Waals surface area contributed by atoms with Crippen LogP contribution < -0.4 is 5.32 Å². The molecule has 1 amide bonds. The summed E-state index contributed by atoms with van der Waals surface area (Å²) in [6.07, 6.45) is 7.38. The van der Waals surface area contributed by atoms with Crippen LogP contribution >= 0.6 is 11.6 Å². The number of allylic oxidation sites excluding steroid dienone is 1. The fraction of sp³-hybridized carbons (Fsp3) is 0.471. The normalized spacial score (nSPS) is 15.7. The van der Waals surface area contributed by atoms with Gasteiger partial charge >= 0.3 is 0 Å². The Balaban J connectivity index is 1.98. The maximum Gasteiger partial charge on any atom is 0.224 e. The predicted molar refractivity (Wildman–Crippen MR) is 83.8 cm³/mol. The van der Waals surface area contributed by atoms with Gasteiger partial charge in [0.1, 0.15) is 0 Å². The first-order chi connectivity index (χ1) is 9.47. The third-order valence-corrected chi connectivity index (χ3v) is 4.04. The summed E-state index contributed by atoms with van der Waals surface area (Å²) >= 11 is 5.90. The number of benzene rings is 1. The van der Waals surface area contributed by atoms with Crippen molar-refractivity contribution in [1.82, 2.24) is 5.32 Å². The number of halogens is 1. The second-order valence-corrected chi connectivity index (χ2v) is 6.40. The fourth-order valence-electron chi connectivity index (χ4n) is 2.60. The van der Waals surface area contributed by atoms with Gasteiger partial charge in [-0.15, -0.1) is 0 Å². The molecular formula is C17H22ClNO. The van der Waals surface area contributed by atoms with Crippen molar-refractivity contribution < 1.29 is 4.79 Å². The first-order valence-corrected chi connectivity index (χ1v) is 7.60. The topological polar surface area (TPSA) is 29.1 Å². The monoisotopic (exact) mass is 291 g/mol. The third kappa shape index (κ3) is 4.11. The van der Waals surface area contributed by atoms with Gasteiger partial charge in [0.2, 0.25) is 5.91 Å². The van der Waals surface area contributed by atoms with Crippen molar-refractivity contribution in [1.29, 1.82) is 0 Å². The Labute approximate surface area is 126 Å². The summed E-state index contributed by atoms with van der Waals surface area (Å²) in [5, 5.41) is 3.83. The molecule has 0 spiro atoms. The zero-order valence-electron chi connectivity index (χ0n) is 12.2. The quantitative estimate of drug-likeness (QED) is 0.808. The Bertz CT molecular complexity index is 502. The Morgan fingerprint density at radius 3 is 2.55 bits per heavy atom. The highest BCUT2D eigenvalue weighted by molar-refractivity contribution is 6.30. The zero-order chi connectivity index (χ0) is 14.6. The van der Waals surface area contributed by atoms with E-state index in [2.05, 4.69) is 11.4 Å². The van der Waals surface area contributed by atoms with Gasteiger partial charge in [0, 0.05) is 11.4 Å². The highest BCUT2D eigenvalue weighted by atomic mass is 35.5. The van der Waals surface area contributed by atoms with E-state index in [1.54, 1.807) is 0 Å². The predicted octanol–water partition coefficient (Wildman–Crippen LogP) is 4.58. The average molecular weight is 292 g/mol. The molecule has 108 valence electrons. The highest BCUT2D eigenvalue weighted by Crippen LogP contribution is 2.24. The number of rotatable bonds is 4. The van der Waals surface area contributed by atoms with Crippen molar-refractivity contribution in [2.75, 3.05) is 0 Å². The van der Waals surface area contributed by atoms with E-state index in [0.29, 0.717) is 11.4 Å². The molecule has 1 aliphatic carbocycles. The van der Waals surface area contributed by atoms with Crippen LogP contribution in [0.3, 0.4) is 0 Å². The van der Waals surface area contributed by atoms with Gasteiger partial charge in [0.05, 0.1) is 5.54 Å². The third-order valence-electron chi connectivity index (χ3n) is 3.79. The Hall–Kier alpha value is -1.28. The van der Waals surface area contributed by atoms with Gasteiger partial charge in [-0.3, -0.25) is 4.79 Å². The van der Waals surface area contributed by atoms with E-state index in [1.165, 1.54) is 18.4 Å². The summed E-state index contributed by atoms with van der Waals surface area (Å²) in [6.45, 7) is 4.03. The van der Waals surface area contributed by atoms with Gasteiger partial charge in [0.15, 0.2) is 0 Å². The zero-order valence-corrected chi connectivity index (χ0v) is 13.0. The van der Waals surface area contributed by atoms with E-state index < -0.39 is 0 Å². The summed E-state index contributed by atoms with van der Waals surface area (Å²) in [5.74, 6) is 0.0955. The summed E-state index contributed by atoms with van der Waals surface area (Å²) in [6, 6.07) is 7.63. The summed E-state index contributed by atoms with van der Waals surface area (Å²) < 4.78 is 0. The molecule has 2 nitrogen and oxygen atoms in total. The molecule has 0 aliphatic heterocycles. The SMILES string of the molecule is CC(C)(NC(=O)CC1=CCCCC1)c1ccc(Cl)cc1. The van der Waals surface area contributed by atoms with Crippen LogP contribution in [-0.4, -0.2) is 5.91 Å². The lowest BCUT2D eigenvalue weighted by atomic mass is 9.93. The number of nitrogens with one attached hydrogen (secondary N) is 1. The van der Waals surface area contributed by atoms with Crippen LogP contribution in [0.4, 0.5) is 0 Å². The molecule has 2 rings (SSSR count). The molecule has 1 aromatic carbocycles. The Kier molecular flexibility index (Phi) is 4.87. The van der Waals surface area contributed by atoms with Crippen molar-refractivity contribution in [3.63, 3.8) is 0 Å². The number of carbonyl (C=O) groups is 1. The highest BCUT2D eigenvalue weighted by Gasteiger charge is 2.23. The molecule has 0 radical (unpaired) electrons. The minimum absolute atomic E-state index is 0.0955. The smallest absolute Gasteiger partial charge is 0.224 e. The minimum atomic E-state index is -0.378. The van der Waals surface area contributed by atoms with Crippen molar-refractivity contribution >= 4 is 17.5 Å². The molecule has 1 aliphatic rings. The lowest BCUT2D eigenvalue weighted by Crippen LogP contribution is -2.41. The van der Waals surface area contributed by atoms with Gasteiger partial charge in [-0.2, -0.15) is 0 Å². The summed E-state index contributed by atoms with van der Waals surface area (Å²) in [5.41, 5.74) is 1.96. The van der Waals surface area contributed by atoms with Crippen molar-refractivity contribution in [2.45, 2.75) is 51.5 Å². The van der Waals surface area contributed by atoms with Gasteiger partial charge in [-0.1, -0.05) is 35.4 Å². The molecule has 0 atom stereocenters. The van der Waals surface area contributed by atoms with Crippen molar-refractivity contribution in [2.24, 2.45) is 0 Å². The summed E-state index contributed by atoms with van der Waals surface area (Å²) in [4.78, 5) is 12.2. The maximum absolute atomic E-state index is 12.2. The van der Waals surface area contributed by atoms with Crippen LogP contribution in [0.15, 0.2) is 35.9 Å². The number of hydrogen-bond donors (Lipinski definition) is 1. The van der Waals surface area contributed by atoms with Crippen LogP contribution in [0, 0.1) is 0 Å². The lowest BCUT2D eigenvalue weighted by molar-refractivity contribution is -0.122. The molecule has 0 fully saturated rings. The van der Waals surface area contributed by atoms with Gasteiger partial charge in [-0.05, 0) is 57.2 Å². The average Bonchev–Trinajstić information content (AvgIpc) is 2.39. The molecule has 0 bridgehead atoms. The molecule has 20 heavy (non-hydrogen) atoms. The number of carbonyl (C=O) groups excluding carboxylic acids is 1. The van der Waals surface area contributed by atoms with Crippen molar-refractivity contribution in [3.8, 4) is 0 Å². The molecule has 0 heterocycles. The molecule has 1 N–H and O–H groups in total. The van der Waals surface area contributed by atoms with Crippen LogP contribution in [0.5, 0.6) is 0 Å². The maximum atomic E-state index is 12.2. The molecule has 0 aromatic heterocycles. The molecule has 0 unspecified atom stereocenters. The molecular weight excluding hydrogens is 270 g/mol. The molecule has 0 saturated heterocycles.